The fourth-order valence-electron chi connectivity index (χ4n) is 1.80. The number of hydrogen-bond donors (Lipinski definition) is 2. The molecule has 112 valence electrons. The van der Waals surface area contributed by atoms with Crippen molar-refractivity contribution in [2.75, 3.05) is 6.61 Å². The van der Waals surface area contributed by atoms with E-state index in [0.717, 1.165) is 19.8 Å². The molecule has 1 aromatic carbocycles. The van der Waals surface area contributed by atoms with Crippen LogP contribution in [0.15, 0.2) is 33.3 Å². The molecule has 0 spiro atoms. The molecule has 0 saturated heterocycles. The van der Waals surface area contributed by atoms with Gasteiger partial charge in [-0.25, -0.2) is 5.84 Å². The van der Waals surface area contributed by atoms with E-state index in [0.29, 0.717) is 5.75 Å². The van der Waals surface area contributed by atoms with Crippen LogP contribution in [0.25, 0.3) is 10.9 Å². The van der Waals surface area contributed by atoms with Crippen molar-refractivity contribution in [2.45, 2.75) is 13.8 Å². The fraction of sp³-hybridized carbons (Fsp3) is 0.286. The number of pyridine rings is 1. The van der Waals surface area contributed by atoms with Gasteiger partial charge in [0.2, 0.25) is 5.91 Å². The Morgan fingerprint density at radius 3 is 2.81 bits per heavy atom. The van der Waals surface area contributed by atoms with Gasteiger partial charge in [-0.2, -0.15) is 0 Å². The van der Waals surface area contributed by atoms with Crippen LogP contribution >= 0.6 is 31.9 Å². The number of fused-ring (bicyclic) bond motifs is 1. The number of nitrogens with zero attached hydrogens (tertiary/aromatic N) is 1. The molecule has 0 fully saturated rings. The summed E-state index contributed by atoms with van der Waals surface area (Å²) in [5, 5.41) is 0.941. The smallest absolute Gasteiger partial charge is 0.242 e. The highest BCUT2D eigenvalue weighted by Gasteiger charge is 2.28. The highest BCUT2D eigenvalue weighted by molar-refractivity contribution is 9.11. The molecule has 0 aliphatic heterocycles. The molecule has 21 heavy (non-hydrogen) atoms. The summed E-state index contributed by atoms with van der Waals surface area (Å²) in [5.41, 5.74) is 2.13. The third-order valence-electron chi connectivity index (χ3n) is 3.07. The average Bonchev–Trinajstić information content (AvgIpc) is 2.46. The molecule has 0 aliphatic rings. The van der Waals surface area contributed by atoms with E-state index in [-0.39, 0.29) is 12.5 Å². The quantitative estimate of drug-likeness (QED) is 0.456. The van der Waals surface area contributed by atoms with Crippen LogP contribution in [0.3, 0.4) is 0 Å². The maximum Gasteiger partial charge on any atom is 0.242 e. The van der Waals surface area contributed by atoms with Gasteiger partial charge in [0.15, 0.2) is 5.75 Å². The second-order valence-corrected chi connectivity index (χ2v) is 6.92. The van der Waals surface area contributed by atoms with E-state index in [1.165, 1.54) is 0 Å². The summed E-state index contributed by atoms with van der Waals surface area (Å²) in [5.74, 6) is 5.50. The molecule has 0 bridgehead atoms. The van der Waals surface area contributed by atoms with Crippen LogP contribution in [0.1, 0.15) is 13.8 Å². The number of rotatable bonds is 4. The van der Waals surface area contributed by atoms with Crippen molar-refractivity contribution in [3.05, 3.63) is 33.3 Å². The largest absolute Gasteiger partial charge is 0.489 e. The fourth-order valence-corrected chi connectivity index (χ4v) is 3.18. The molecular formula is C14H15Br2N3O2. The Balaban J connectivity index is 2.37. The van der Waals surface area contributed by atoms with Crippen molar-refractivity contribution in [1.29, 1.82) is 0 Å². The van der Waals surface area contributed by atoms with Crippen LogP contribution in [0.5, 0.6) is 5.75 Å². The molecule has 0 unspecified atom stereocenters. The van der Waals surface area contributed by atoms with E-state index in [2.05, 4.69) is 42.3 Å². The van der Waals surface area contributed by atoms with Gasteiger partial charge in [-0.1, -0.05) is 22.0 Å². The number of aromatic nitrogens is 1. The molecule has 2 rings (SSSR count). The number of nitrogens with two attached hydrogens (primary N) is 1. The lowest BCUT2D eigenvalue weighted by atomic mass is 9.94. The van der Waals surface area contributed by atoms with E-state index in [1.54, 1.807) is 20.0 Å². The monoisotopic (exact) mass is 415 g/mol. The maximum atomic E-state index is 11.7. The molecular weight excluding hydrogens is 402 g/mol. The van der Waals surface area contributed by atoms with Crippen LogP contribution in [0.4, 0.5) is 0 Å². The summed E-state index contributed by atoms with van der Waals surface area (Å²) in [7, 11) is 0. The summed E-state index contributed by atoms with van der Waals surface area (Å²) in [6, 6.07) is 5.70. The number of hydrogen-bond acceptors (Lipinski definition) is 4. The zero-order valence-electron chi connectivity index (χ0n) is 11.6. The molecule has 0 atom stereocenters. The van der Waals surface area contributed by atoms with Crippen molar-refractivity contribution in [3.63, 3.8) is 0 Å². The highest BCUT2D eigenvalue weighted by atomic mass is 79.9. The van der Waals surface area contributed by atoms with Crippen LogP contribution in [-0.2, 0) is 4.79 Å². The Morgan fingerprint density at radius 1 is 1.43 bits per heavy atom. The number of hydrazine groups is 1. The Kier molecular flexibility index (Phi) is 4.85. The van der Waals surface area contributed by atoms with E-state index in [9.17, 15) is 4.79 Å². The van der Waals surface area contributed by atoms with Gasteiger partial charge < -0.3 is 4.74 Å². The van der Waals surface area contributed by atoms with Gasteiger partial charge >= 0.3 is 0 Å². The first kappa shape index (κ1) is 16.2. The second kappa shape index (κ2) is 6.29. The number of carbonyl (C=O) groups is 1. The number of carbonyl (C=O) groups excluding carboxylic acids is 1. The van der Waals surface area contributed by atoms with Gasteiger partial charge in [0.05, 0.1) is 9.89 Å². The summed E-state index contributed by atoms with van der Waals surface area (Å²) in [6.45, 7) is 3.71. The van der Waals surface area contributed by atoms with Crippen LogP contribution < -0.4 is 16.0 Å². The van der Waals surface area contributed by atoms with Gasteiger partial charge in [0.25, 0.3) is 0 Å². The Morgan fingerprint density at radius 2 is 2.14 bits per heavy atom. The lowest BCUT2D eigenvalue weighted by Crippen LogP contribution is -2.44. The molecule has 0 aliphatic carbocycles. The van der Waals surface area contributed by atoms with E-state index < -0.39 is 5.41 Å². The molecule has 0 radical (unpaired) electrons. The molecule has 1 aromatic heterocycles. The van der Waals surface area contributed by atoms with Crippen LogP contribution in [-0.4, -0.2) is 17.5 Å². The van der Waals surface area contributed by atoms with Gasteiger partial charge in [0, 0.05) is 16.1 Å². The lowest BCUT2D eigenvalue weighted by molar-refractivity contribution is -0.130. The predicted molar refractivity (Wildman–Crippen MR) is 88.7 cm³/mol. The number of nitrogens with one attached hydrogen (secondary N) is 1. The van der Waals surface area contributed by atoms with E-state index >= 15 is 0 Å². The zero-order chi connectivity index (χ0) is 15.6. The summed E-state index contributed by atoms with van der Waals surface area (Å²) < 4.78 is 7.53. The minimum absolute atomic E-state index is 0.182. The third kappa shape index (κ3) is 3.36. The van der Waals surface area contributed by atoms with Gasteiger partial charge in [-0.15, -0.1) is 0 Å². The zero-order valence-corrected chi connectivity index (χ0v) is 14.8. The van der Waals surface area contributed by atoms with Crippen molar-refractivity contribution >= 4 is 48.7 Å². The van der Waals surface area contributed by atoms with E-state index in [1.807, 2.05) is 18.2 Å². The molecule has 7 heteroatoms. The summed E-state index contributed by atoms with van der Waals surface area (Å²) in [4.78, 5) is 16.1. The van der Waals surface area contributed by atoms with Crippen molar-refractivity contribution in [3.8, 4) is 5.75 Å². The van der Waals surface area contributed by atoms with Crippen molar-refractivity contribution in [1.82, 2.24) is 10.4 Å². The van der Waals surface area contributed by atoms with Gasteiger partial charge in [-0.05, 0) is 41.9 Å². The topological polar surface area (TPSA) is 77.2 Å². The molecule has 1 amide bonds. The number of ether oxygens (including phenoxy) is 1. The summed E-state index contributed by atoms with van der Waals surface area (Å²) >= 11 is 6.97. The highest BCUT2D eigenvalue weighted by Crippen LogP contribution is 2.37. The molecule has 3 N–H and O–H groups in total. The Hall–Kier alpha value is -1.18. The number of benzene rings is 1. The number of amides is 1. The predicted octanol–water partition coefficient (Wildman–Crippen LogP) is 3.15. The maximum absolute atomic E-state index is 11.7. The van der Waals surface area contributed by atoms with E-state index in [4.69, 9.17) is 10.6 Å². The second-order valence-electron chi connectivity index (χ2n) is 5.21. The van der Waals surface area contributed by atoms with Gasteiger partial charge in [0.1, 0.15) is 12.1 Å². The van der Waals surface area contributed by atoms with Crippen LogP contribution in [0, 0.1) is 5.41 Å². The van der Waals surface area contributed by atoms with Crippen molar-refractivity contribution in [2.24, 2.45) is 11.3 Å². The lowest BCUT2D eigenvalue weighted by Gasteiger charge is -2.23. The minimum Gasteiger partial charge on any atom is -0.489 e. The first-order valence-corrected chi connectivity index (χ1v) is 7.82. The van der Waals surface area contributed by atoms with Crippen molar-refractivity contribution < 1.29 is 9.53 Å². The number of halogens is 2. The first-order chi connectivity index (χ1) is 9.86. The molecule has 2 aromatic rings. The normalized spacial score (nSPS) is 11.5. The molecule has 5 nitrogen and oxygen atoms in total. The molecule has 0 saturated carbocycles. The SMILES string of the molecule is CC(C)(COc1c(Br)cc(Br)c2cccnc12)C(=O)NN. The Bertz CT molecular complexity index is 689. The summed E-state index contributed by atoms with van der Waals surface area (Å²) in [6.07, 6.45) is 1.70. The average molecular weight is 417 g/mol. The van der Waals surface area contributed by atoms with Crippen LogP contribution in [0.2, 0.25) is 0 Å². The third-order valence-corrected chi connectivity index (χ3v) is 4.32. The Labute approximate surface area is 139 Å². The standard InChI is InChI=1S/C14H15Br2N3O2/c1-14(2,13(20)19-17)7-21-12-10(16)6-9(15)8-4-3-5-18-11(8)12/h3-6H,7,17H2,1-2H3,(H,19,20). The molecule has 1 heterocycles. The first-order valence-electron chi connectivity index (χ1n) is 6.23. The van der Waals surface area contributed by atoms with Gasteiger partial charge in [-0.3, -0.25) is 15.2 Å². The minimum atomic E-state index is -0.748.